The van der Waals surface area contributed by atoms with Crippen LogP contribution in [0.25, 0.3) is 0 Å². The molecular weight excluding hydrogens is 449 g/mol. The summed E-state index contributed by atoms with van der Waals surface area (Å²) in [6.07, 6.45) is 7.14. The number of halogens is 2. The number of nitrogens with one attached hydrogen (secondary N) is 2. The largest absolute Gasteiger partial charge is 0.351 e. The van der Waals surface area contributed by atoms with Gasteiger partial charge in [-0.2, -0.15) is 0 Å². The summed E-state index contributed by atoms with van der Waals surface area (Å²) < 4.78 is 14.9. The molecule has 0 spiro atoms. The van der Waals surface area contributed by atoms with Crippen LogP contribution in [0.3, 0.4) is 0 Å². The fourth-order valence-electron chi connectivity index (χ4n) is 4.90. The lowest BCUT2D eigenvalue weighted by Crippen LogP contribution is -2.65. The van der Waals surface area contributed by atoms with Gasteiger partial charge < -0.3 is 20.1 Å². The maximum absolute atomic E-state index is 13.6. The zero-order chi connectivity index (χ0) is 23.3. The number of nitrogens with zero attached hydrogens (tertiary/aromatic N) is 3. The normalized spacial score (nSPS) is 22.9. The highest BCUT2D eigenvalue weighted by atomic mass is 35.5. The maximum atomic E-state index is 13.6. The lowest BCUT2D eigenvalue weighted by molar-refractivity contribution is -0.134. The molecule has 2 heterocycles. The van der Waals surface area contributed by atoms with E-state index in [0.717, 1.165) is 44.6 Å². The van der Waals surface area contributed by atoms with Crippen molar-refractivity contribution in [3.05, 3.63) is 46.8 Å². The van der Waals surface area contributed by atoms with Crippen molar-refractivity contribution in [2.45, 2.75) is 69.6 Å². The molecule has 5 rings (SSSR count). The molecule has 1 atom stereocenters. The molecule has 2 fully saturated rings. The average Bonchev–Trinajstić information content (AvgIpc) is 3.28. The van der Waals surface area contributed by atoms with Gasteiger partial charge in [0.05, 0.1) is 23.6 Å². The summed E-state index contributed by atoms with van der Waals surface area (Å²) in [6.45, 7) is 2.00. The number of anilines is 1. The van der Waals surface area contributed by atoms with Crippen LogP contribution in [0.5, 0.6) is 0 Å². The zero-order valence-electron chi connectivity index (χ0n) is 18.2. The molecule has 1 aromatic carbocycles. The van der Waals surface area contributed by atoms with Crippen molar-refractivity contribution < 1.29 is 18.8 Å². The fourth-order valence-corrected chi connectivity index (χ4v) is 5.12. The Morgan fingerprint density at radius 1 is 1.21 bits per heavy atom. The van der Waals surface area contributed by atoms with Crippen molar-refractivity contribution >= 4 is 35.0 Å². The van der Waals surface area contributed by atoms with E-state index < -0.39 is 17.3 Å². The Balaban J connectivity index is 1.44. The number of hydrogen-bond donors (Lipinski definition) is 2. The lowest BCUT2D eigenvalue weighted by atomic mass is 9.93. The molecule has 1 aliphatic heterocycles. The van der Waals surface area contributed by atoms with Gasteiger partial charge in [-0.25, -0.2) is 9.37 Å². The molecule has 1 unspecified atom stereocenters. The second-order valence-electron chi connectivity index (χ2n) is 9.28. The Hall–Kier alpha value is -2.94. The number of rotatable bonds is 5. The van der Waals surface area contributed by atoms with Gasteiger partial charge in [0, 0.05) is 12.1 Å². The molecule has 174 valence electrons. The van der Waals surface area contributed by atoms with Crippen molar-refractivity contribution in [1.29, 1.82) is 0 Å². The van der Waals surface area contributed by atoms with Crippen molar-refractivity contribution in [3.8, 4) is 0 Å². The molecule has 8 nitrogen and oxygen atoms in total. The summed E-state index contributed by atoms with van der Waals surface area (Å²) in [7, 11) is 0. The van der Waals surface area contributed by atoms with Gasteiger partial charge in [-0.3, -0.25) is 14.4 Å². The van der Waals surface area contributed by atoms with Gasteiger partial charge in [-0.15, -0.1) is 0 Å². The molecule has 2 aromatic rings. The Kier molecular flexibility index (Phi) is 5.39. The smallest absolute Gasteiger partial charge is 0.276 e. The Labute approximate surface area is 195 Å². The molecule has 0 bridgehead atoms. The van der Waals surface area contributed by atoms with E-state index in [0.29, 0.717) is 0 Å². The van der Waals surface area contributed by atoms with Crippen LogP contribution in [-0.4, -0.2) is 49.8 Å². The topological polar surface area (TPSA) is 96.3 Å². The molecule has 0 saturated heterocycles. The summed E-state index contributed by atoms with van der Waals surface area (Å²) >= 11 is 6.02. The number of hydrogen-bond acceptors (Lipinski definition) is 4. The molecule has 2 aliphatic carbocycles. The first-order chi connectivity index (χ1) is 15.8. The molecule has 2 N–H and O–H groups in total. The second kappa shape index (κ2) is 8.13. The number of carbonyl (C=O) groups excluding carboxylic acids is 3. The standard InChI is InChI=1S/C23H25ClFN5O3/c1-23(22(33)27-14-4-2-3-5-14)11-29-12-26-18(19(29)21(32)30(23)15-7-8-15)20(31)28-17-9-6-13(25)10-16(17)24/h6,9-10,12,14-15H,2-5,7-8,11H2,1H3,(H,27,33)(H,28,31). The van der Waals surface area contributed by atoms with Crippen LogP contribution in [0.4, 0.5) is 10.1 Å². The van der Waals surface area contributed by atoms with Crippen LogP contribution in [-0.2, 0) is 11.3 Å². The van der Waals surface area contributed by atoms with Crippen LogP contribution in [0.1, 0.15) is 66.4 Å². The predicted octanol–water partition coefficient (Wildman–Crippen LogP) is 3.36. The van der Waals surface area contributed by atoms with Crippen molar-refractivity contribution in [1.82, 2.24) is 19.8 Å². The third kappa shape index (κ3) is 3.88. The van der Waals surface area contributed by atoms with E-state index in [1.165, 1.54) is 18.5 Å². The van der Waals surface area contributed by atoms with E-state index in [9.17, 15) is 18.8 Å². The van der Waals surface area contributed by atoms with Gasteiger partial charge in [0.15, 0.2) is 5.69 Å². The highest BCUT2D eigenvalue weighted by Gasteiger charge is 2.54. The third-order valence-electron chi connectivity index (χ3n) is 6.76. The summed E-state index contributed by atoms with van der Waals surface area (Å²) in [5.74, 6) is -1.71. The first kappa shape index (κ1) is 21.9. The summed E-state index contributed by atoms with van der Waals surface area (Å²) in [6, 6.07) is 3.72. The highest BCUT2D eigenvalue weighted by Crippen LogP contribution is 2.39. The Bertz CT molecular complexity index is 1140. The van der Waals surface area contributed by atoms with Crippen LogP contribution >= 0.6 is 11.6 Å². The summed E-state index contributed by atoms with van der Waals surface area (Å²) in [5, 5.41) is 5.77. The quantitative estimate of drug-likeness (QED) is 0.696. The molecule has 3 amide bonds. The van der Waals surface area contributed by atoms with E-state index in [2.05, 4.69) is 15.6 Å². The van der Waals surface area contributed by atoms with E-state index in [1.54, 1.807) is 16.4 Å². The van der Waals surface area contributed by atoms with Gasteiger partial charge in [-0.05, 0) is 50.8 Å². The number of amides is 3. The minimum Gasteiger partial charge on any atom is -0.351 e. The van der Waals surface area contributed by atoms with Gasteiger partial charge in [-0.1, -0.05) is 24.4 Å². The maximum Gasteiger partial charge on any atom is 0.276 e. The van der Waals surface area contributed by atoms with Crippen molar-refractivity contribution in [3.63, 3.8) is 0 Å². The Morgan fingerprint density at radius 2 is 1.94 bits per heavy atom. The molecule has 1 aromatic heterocycles. The van der Waals surface area contributed by atoms with Gasteiger partial charge >= 0.3 is 0 Å². The third-order valence-corrected chi connectivity index (χ3v) is 7.07. The zero-order valence-corrected chi connectivity index (χ0v) is 19.0. The van der Waals surface area contributed by atoms with Crippen LogP contribution in [0.2, 0.25) is 5.02 Å². The van der Waals surface area contributed by atoms with E-state index in [1.807, 2.05) is 0 Å². The molecule has 3 aliphatic rings. The van der Waals surface area contributed by atoms with Crippen LogP contribution < -0.4 is 10.6 Å². The lowest BCUT2D eigenvalue weighted by Gasteiger charge is -2.44. The average molecular weight is 474 g/mol. The fraction of sp³-hybridized carbons (Fsp3) is 0.478. The minimum atomic E-state index is -1.07. The SMILES string of the molecule is CC1(C(=O)NC2CCCC2)Cn2cnc(C(=O)Nc3ccc(F)cc3Cl)c2C(=O)N1C1CC1. The second-order valence-corrected chi connectivity index (χ2v) is 9.69. The van der Waals surface area contributed by atoms with E-state index in [4.69, 9.17) is 11.6 Å². The van der Waals surface area contributed by atoms with E-state index in [-0.39, 0.29) is 52.5 Å². The molecule has 2 saturated carbocycles. The monoisotopic (exact) mass is 473 g/mol. The van der Waals surface area contributed by atoms with Gasteiger partial charge in [0.1, 0.15) is 17.1 Å². The van der Waals surface area contributed by atoms with Crippen molar-refractivity contribution in [2.75, 3.05) is 5.32 Å². The number of fused-ring (bicyclic) bond motifs is 1. The Morgan fingerprint density at radius 3 is 2.61 bits per heavy atom. The van der Waals surface area contributed by atoms with Crippen LogP contribution in [0.15, 0.2) is 24.5 Å². The number of carbonyl (C=O) groups is 3. The molecule has 10 heteroatoms. The first-order valence-corrected chi connectivity index (χ1v) is 11.6. The van der Waals surface area contributed by atoms with E-state index >= 15 is 0 Å². The summed E-state index contributed by atoms with van der Waals surface area (Å²) in [4.78, 5) is 45.8. The number of imidazole rings is 1. The number of aromatic nitrogens is 2. The van der Waals surface area contributed by atoms with Crippen LogP contribution in [0, 0.1) is 5.82 Å². The summed E-state index contributed by atoms with van der Waals surface area (Å²) in [5.41, 5.74) is -0.760. The molecule has 33 heavy (non-hydrogen) atoms. The number of benzene rings is 1. The highest BCUT2D eigenvalue weighted by molar-refractivity contribution is 6.34. The van der Waals surface area contributed by atoms with Gasteiger partial charge in [0.25, 0.3) is 11.8 Å². The molecule has 0 radical (unpaired) electrons. The molecular formula is C23H25ClFN5O3. The first-order valence-electron chi connectivity index (χ1n) is 11.2. The minimum absolute atomic E-state index is 0.0390. The van der Waals surface area contributed by atoms with Crippen molar-refractivity contribution in [2.24, 2.45) is 0 Å². The van der Waals surface area contributed by atoms with Gasteiger partial charge in [0.2, 0.25) is 5.91 Å². The predicted molar refractivity (Wildman–Crippen MR) is 120 cm³/mol.